The normalized spacial score (nSPS) is 38.2. The summed E-state index contributed by atoms with van der Waals surface area (Å²) in [5.41, 5.74) is 5.44. The fraction of sp³-hybridized carbons (Fsp3) is 1.00. The minimum Gasteiger partial charge on any atom is -0.378 e. The van der Waals surface area contributed by atoms with Crippen molar-refractivity contribution in [2.75, 3.05) is 13.2 Å². The second kappa shape index (κ2) is 2.46. The molecule has 1 heterocycles. The van der Waals surface area contributed by atoms with Crippen molar-refractivity contribution in [3.8, 4) is 0 Å². The molecular formula is C6H13NO. The summed E-state index contributed by atoms with van der Waals surface area (Å²) in [5.74, 6) is 0.620. The van der Waals surface area contributed by atoms with Crippen molar-refractivity contribution in [2.45, 2.75) is 19.4 Å². The molecule has 1 rings (SSSR count). The quantitative estimate of drug-likeness (QED) is 0.536. The van der Waals surface area contributed by atoms with E-state index >= 15 is 0 Å². The molecule has 0 saturated carbocycles. The SMILES string of the molecule is C[C@H]1OCC[C@H]1CN. The van der Waals surface area contributed by atoms with E-state index in [1.54, 1.807) is 0 Å². The maximum Gasteiger partial charge on any atom is 0.0588 e. The van der Waals surface area contributed by atoms with Crippen LogP contribution in [0.3, 0.4) is 0 Å². The van der Waals surface area contributed by atoms with Gasteiger partial charge in [0, 0.05) is 6.61 Å². The van der Waals surface area contributed by atoms with Crippen LogP contribution in [0.25, 0.3) is 0 Å². The maximum atomic E-state index is 5.44. The van der Waals surface area contributed by atoms with Crippen LogP contribution in [0.1, 0.15) is 13.3 Å². The first-order valence-electron chi connectivity index (χ1n) is 3.16. The average molecular weight is 115 g/mol. The van der Waals surface area contributed by atoms with Gasteiger partial charge in [0.05, 0.1) is 6.10 Å². The third-order valence-electron chi connectivity index (χ3n) is 1.84. The molecule has 2 N–H and O–H groups in total. The molecule has 0 amide bonds. The zero-order chi connectivity index (χ0) is 5.98. The molecule has 1 aliphatic heterocycles. The van der Waals surface area contributed by atoms with E-state index < -0.39 is 0 Å². The Bertz CT molecular complexity index is 74.9. The summed E-state index contributed by atoms with van der Waals surface area (Å²) in [6.45, 7) is 3.77. The molecule has 2 nitrogen and oxygen atoms in total. The molecule has 0 unspecified atom stereocenters. The van der Waals surface area contributed by atoms with Crippen molar-refractivity contribution in [1.82, 2.24) is 0 Å². The number of ether oxygens (including phenoxy) is 1. The molecule has 0 aromatic heterocycles. The monoisotopic (exact) mass is 115 g/mol. The third kappa shape index (κ3) is 1.01. The lowest BCUT2D eigenvalue weighted by Crippen LogP contribution is -2.20. The Morgan fingerprint density at radius 2 is 2.50 bits per heavy atom. The molecule has 0 spiro atoms. The molecule has 0 aromatic carbocycles. The predicted octanol–water partition coefficient (Wildman–Crippen LogP) is 0.370. The van der Waals surface area contributed by atoms with Gasteiger partial charge in [0.2, 0.25) is 0 Å². The number of hydrogen-bond donors (Lipinski definition) is 1. The van der Waals surface area contributed by atoms with Gasteiger partial charge in [-0.15, -0.1) is 0 Å². The van der Waals surface area contributed by atoms with Crippen LogP contribution < -0.4 is 5.73 Å². The summed E-state index contributed by atoms with van der Waals surface area (Å²) < 4.78 is 5.28. The Kier molecular flexibility index (Phi) is 1.86. The van der Waals surface area contributed by atoms with Crippen molar-refractivity contribution in [1.29, 1.82) is 0 Å². The van der Waals surface area contributed by atoms with Gasteiger partial charge >= 0.3 is 0 Å². The predicted molar refractivity (Wildman–Crippen MR) is 32.6 cm³/mol. The molecule has 8 heavy (non-hydrogen) atoms. The van der Waals surface area contributed by atoms with Gasteiger partial charge in [0.1, 0.15) is 0 Å². The molecular weight excluding hydrogens is 102 g/mol. The fourth-order valence-corrected chi connectivity index (χ4v) is 1.09. The number of hydrogen-bond acceptors (Lipinski definition) is 2. The van der Waals surface area contributed by atoms with E-state index in [0.29, 0.717) is 12.0 Å². The highest BCUT2D eigenvalue weighted by atomic mass is 16.5. The minimum atomic E-state index is 0.403. The van der Waals surface area contributed by atoms with Crippen molar-refractivity contribution in [3.63, 3.8) is 0 Å². The zero-order valence-electron chi connectivity index (χ0n) is 5.26. The zero-order valence-corrected chi connectivity index (χ0v) is 5.26. The van der Waals surface area contributed by atoms with Crippen molar-refractivity contribution >= 4 is 0 Å². The Hall–Kier alpha value is -0.0800. The van der Waals surface area contributed by atoms with Gasteiger partial charge in [-0.25, -0.2) is 0 Å². The first kappa shape index (κ1) is 6.05. The molecule has 1 aliphatic rings. The summed E-state index contributed by atoms with van der Waals surface area (Å²) in [4.78, 5) is 0. The van der Waals surface area contributed by atoms with Crippen LogP contribution in [-0.4, -0.2) is 19.3 Å². The lowest BCUT2D eigenvalue weighted by Gasteiger charge is -2.08. The summed E-state index contributed by atoms with van der Waals surface area (Å²) in [7, 11) is 0. The van der Waals surface area contributed by atoms with Gasteiger partial charge in [-0.1, -0.05) is 0 Å². The summed E-state index contributed by atoms with van der Waals surface area (Å²) in [6.07, 6.45) is 1.55. The molecule has 0 radical (unpaired) electrons. The molecule has 0 aromatic rings. The molecule has 0 bridgehead atoms. The van der Waals surface area contributed by atoms with Crippen LogP contribution in [0.5, 0.6) is 0 Å². The van der Waals surface area contributed by atoms with E-state index in [1.165, 1.54) is 0 Å². The van der Waals surface area contributed by atoms with Gasteiger partial charge in [0.15, 0.2) is 0 Å². The number of nitrogens with two attached hydrogens (primary N) is 1. The fourth-order valence-electron chi connectivity index (χ4n) is 1.09. The molecule has 1 fully saturated rings. The first-order chi connectivity index (χ1) is 3.84. The van der Waals surface area contributed by atoms with Gasteiger partial charge in [-0.05, 0) is 25.8 Å². The van der Waals surface area contributed by atoms with Gasteiger partial charge in [0.25, 0.3) is 0 Å². The van der Waals surface area contributed by atoms with Gasteiger partial charge < -0.3 is 10.5 Å². The topological polar surface area (TPSA) is 35.2 Å². The van der Waals surface area contributed by atoms with E-state index in [-0.39, 0.29) is 0 Å². The van der Waals surface area contributed by atoms with Crippen LogP contribution in [0.15, 0.2) is 0 Å². The molecule has 48 valence electrons. The van der Waals surface area contributed by atoms with Crippen LogP contribution >= 0.6 is 0 Å². The average Bonchev–Trinajstić information content (AvgIpc) is 2.14. The van der Waals surface area contributed by atoms with Crippen LogP contribution in [0, 0.1) is 5.92 Å². The van der Waals surface area contributed by atoms with Gasteiger partial charge in [-0.3, -0.25) is 0 Å². The second-order valence-corrected chi connectivity index (χ2v) is 2.36. The van der Waals surface area contributed by atoms with E-state index in [2.05, 4.69) is 6.92 Å². The van der Waals surface area contributed by atoms with Crippen molar-refractivity contribution in [3.05, 3.63) is 0 Å². The van der Waals surface area contributed by atoms with E-state index in [4.69, 9.17) is 10.5 Å². The highest BCUT2D eigenvalue weighted by Crippen LogP contribution is 2.18. The van der Waals surface area contributed by atoms with Crippen LogP contribution in [0.2, 0.25) is 0 Å². The summed E-state index contributed by atoms with van der Waals surface area (Å²) in [5, 5.41) is 0. The Morgan fingerprint density at radius 1 is 1.75 bits per heavy atom. The first-order valence-corrected chi connectivity index (χ1v) is 3.16. The smallest absolute Gasteiger partial charge is 0.0588 e. The molecule has 2 heteroatoms. The molecule has 2 atom stereocenters. The summed E-state index contributed by atoms with van der Waals surface area (Å²) in [6, 6.07) is 0. The maximum absolute atomic E-state index is 5.44. The largest absolute Gasteiger partial charge is 0.378 e. The highest BCUT2D eigenvalue weighted by molar-refractivity contribution is 4.72. The second-order valence-electron chi connectivity index (χ2n) is 2.36. The molecule has 1 saturated heterocycles. The Balaban J connectivity index is 2.30. The van der Waals surface area contributed by atoms with Crippen LogP contribution in [-0.2, 0) is 4.74 Å². The Labute approximate surface area is 50.0 Å². The van der Waals surface area contributed by atoms with Gasteiger partial charge in [-0.2, -0.15) is 0 Å². The van der Waals surface area contributed by atoms with Crippen molar-refractivity contribution in [2.24, 2.45) is 11.7 Å². The third-order valence-corrected chi connectivity index (χ3v) is 1.84. The van der Waals surface area contributed by atoms with Crippen molar-refractivity contribution < 1.29 is 4.74 Å². The standard InChI is InChI=1S/C6H13NO/c1-5-6(4-7)2-3-8-5/h5-6H,2-4,7H2,1H3/t5-,6+/m1/s1. The highest BCUT2D eigenvalue weighted by Gasteiger charge is 2.21. The lowest BCUT2D eigenvalue weighted by molar-refractivity contribution is 0.107. The van der Waals surface area contributed by atoms with E-state index in [9.17, 15) is 0 Å². The minimum absolute atomic E-state index is 0.403. The van der Waals surface area contributed by atoms with E-state index in [1.807, 2.05) is 0 Å². The van der Waals surface area contributed by atoms with E-state index in [0.717, 1.165) is 19.6 Å². The Morgan fingerprint density at radius 3 is 2.75 bits per heavy atom. The van der Waals surface area contributed by atoms with Crippen LogP contribution in [0.4, 0.5) is 0 Å². The number of rotatable bonds is 1. The lowest BCUT2D eigenvalue weighted by atomic mass is 10.0. The summed E-state index contributed by atoms with van der Waals surface area (Å²) >= 11 is 0. The molecule has 0 aliphatic carbocycles.